The summed E-state index contributed by atoms with van der Waals surface area (Å²) in [6, 6.07) is 9.48. The summed E-state index contributed by atoms with van der Waals surface area (Å²) >= 11 is 0. The van der Waals surface area contributed by atoms with Crippen LogP contribution in [0.2, 0.25) is 0 Å². The standard InChI is InChI=1S/C17H21NO3/c19-15-9-5-4-8-13(15)11-18-16(20)10-14(17(18)21)12-6-2-1-3-7-12/h1-3,6-7,13-15,19H,4-5,8-11H2. The Kier molecular flexibility index (Phi) is 4.06. The van der Waals surface area contributed by atoms with Crippen LogP contribution in [0.3, 0.4) is 0 Å². The van der Waals surface area contributed by atoms with Crippen molar-refractivity contribution in [3.8, 4) is 0 Å². The zero-order valence-corrected chi connectivity index (χ0v) is 12.1. The van der Waals surface area contributed by atoms with E-state index in [1.165, 1.54) is 4.90 Å². The summed E-state index contributed by atoms with van der Waals surface area (Å²) in [7, 11) is 0. The number of carbonyl (C=O) groups is 2. The minimum atomic E-state index is -0.380. The van der Waals surface area contributed by atoms with Crippen LogP contribution in [0.5, 0.6) is 0 Å². The minimum Gasteiger partial charge on any atom is -0.393 e. The summed E-state index contributed by atoms with van der Waals surface area (Å²) in [5.74, 6) is -0.517. The fourth-order valence-corrected chi connectivity index (χ4v) is 3.46. The lowest BCUT2D eigenvalue weighted by atomic mass is 9.86. The molecule has 21 heavy (non-hydrogen) atoms. The molecule has 3 unspecified atom stereocenters. The highest BCUT2D eigenvalue weighted by molar-refractivity contribution is 6.06. The van der Waals surface area contributed by atoms with Crippen LogP contribution in [-0.2, 0) is 9.59 Å². The Hall–Kier alpha value is -1.68. The Morgan fingerprint density at radius 1 is 1.10 bits per heavy atom. The first-order chi connectivity index (χ1) is 10.2. The Morgan fingerprint density at radius 3 is 2.52 bits per heavy atom. The van der Waals surface area contributed by atoms with Gasteiger partial charge in [-0.3, -0.25) is 14.5 Å². The zero-order chi connectivity index (χ0) is 14.8. The summed E-state index contributed by atoms with van der Waals surface area (Å²) in [4.78, 5) is 26.1. The van der Waals surface area contributed by atoms with Gasteiger partial charge < -0.3 is 5.11 Å². The van der Waals surface area contributed by atoms with Gasteiger partial charge in [-0.2, -0.15) is 0 Å². The maximum Gasteiger partial charge on any atom is 0.237 e. The highest BCUT2D eigenvalue weighted by Gasteiger charge is 2.41. The van der Waals surface area contributed by atoms with Crippen molar-refractivity contribution in [2.75, 3.05) is 6.54 Å². The van der Waals surface area contributed by atoms with Crippen LogP contribution in [-0.4, -0.2) is 34.5 Å². The molecule has 3 atom stereocenters. The molecular weight excluding hydrogens is 266 g/mol. The molecule has 2 fully saturated rings. The Labute approximate surface area is 124 Å². The van der Waals surface area contributed by atoms with Crippen LogP contribution in [0.4, 0.5) is 0 Å². The maximum absolute atomic E-state index is 12.5. The van der Waals surface area contributed by atoms with Crippen molar-refractivity contribution in [2.24, 2.45) is 5.92 Å². The molecule has 0 radical (unpaired) electrons. The van der Waals surface area contributed by atoms with Crippen molar-refractivity contribution in [2.45, 2.75) is 44.1 Å². The van der Waals surface area contributed by atoms with E-state index in [2.05, 4.69) is 0 Å². The molecule has 0 aromatic heterocycles. The summed E-state index contributed by atoms with van der Waals surface area (Å²) in [5, 5.41) is 10.0. The maximum atomic E-state index is 12.5. The van der Waals surface area contributed by atoms with E-state index in [1.807, 2.05) is 30.3 Å². The molecule has 1 aliphatic heterocycles. The average Bonchev–Trinajstić information content (AvgIpc) is 2.78. The fraction of sp³-hybridized carbons (Fsp3) is 0.529. The van der Waals surface area contributed by atoms with E-state index >= 15 is 0 Å². The molecule has 1 saturated heterocycles. The lowest BCUT2D eigenvalue weighted by Gasteiger charge is -2.30. The number of imide groups is 1. The fourth-order valence-electron chi connectivity index (χ4n) is 3.46. The summed E-state index contributed by atoms with van der Waals surface area (Å²) in [6.07, 6.45) is 3.66. The van der Waals surface area contributed by atoms with E-state index in [9.17, 15) is 14.7 Å². The molecular formula is C17H21NO3. The number of rotatable bonds is 3. The van der Waals surface area contributed by atoms with Crippen LogP contribution in [0.25, 0.3) is 0 Å². The predicted octanol–water partition coefficient (Wildman–Crippen LogP) is 2.08. The number of hydrogen-bond acceptors (Lipinski definition) is 3. The molecule has 4 nitrogen and oxygen atoms in total. The van der Waals surface area contributed by atoms with Gasteiger partial charge in [0.15, 0.2) is 0 Å². The first kappa shape index (κ1) is 14.3. The number of likely N-dealkylation sites (tertiary alicyclic amines) is 1. The van der Waals surface area contributed by atoms with Gasteiger partial charge in [-0.25, -0.2) is 0 Å². The van der Waals surface area contributed by atoms with Crippen molar-refractivity contribution < 1.29 is 14.7 Å². The second-order valence-corrected chi connectivity index (χ2v) is 6.12. The van der Waals surface area contributed by atoms with Gasteiger partial charge in [-0.15, -0.1) is 0 Å². The third kappa shape index (κ3) is 2.86. The SMILES string of the molecule is O=C1CC(c2ccccc2)C(=O)N1CC1CCCCC1O. The van der Waals surface area contributed by atoms with Gasteiger partial charge in [-0.1, -0.05) is 43.2 Å². The number of nitrogens with zero attached hydrogens (tertiary/aromatic N) is 1. The Balaban J connectivity index is 1.72. The van der Waals surface area contributed by atoms with Gasteiger partial charge in [-0.05, 0) is 18.4 Å². The number of aliphatic hydroxyl groups excluding tert-OH is 1. The van der Waals surface area contributed by atoms with E-state index in [1.54, 1.807) is 0 Å². The molecule has 1 heterocycles. The number of aliphatic hydroxyl groups is 1. The molecule has 0 bridgehead atoms. The van der Waals surface area contributed by atoms with Crippen LogP contribution in [0, 0.1) is 5.92 Å². The van der Waals surface area contributed by atoms with Crippen LogP contribution < -0.4 is 0 Å². The smallest absolute Gasteiger partial charge is 0.237 e. The Morgan fingerprint density at radius 2 is 1.81 bits per heavy atom. The van der Waals surface area contributed by atoms with Gasteiger partial charge in [0.1, 0.15) is 0 Å². The third-order valence-electron chi connectivity index (χ3n) is 4.73. The van der Waals surface area contributed by atoms with Gasteiger partial charge in [0.25, 0.3) is 0 Å². The lowest BCUT2D eigenvalue weighted by molar-refractivity contribution is -0.140. The molecule has 1 N–H and O–H groups in total. The number of carbonyl (C=O) groups excluding carboxylic acids is 2. The van der Waals surface area contributed by atoms with E-state index < -0.39 is 0 Å². The van der Waals surface area contributed by atoms with E-state index in [4.69, 9.17) is 0 Å². The average molecular weight is 287 g/mol. The second-order valence-electron chi connectivity index (χ2n) is 6.12. The van der Waals surface area contributed by atoms with Crippen molar-refractivity contribution in [1.82, 2.24) is 4.90 Å². The van der Waals surface area contributed by atoms with Crippen molar-refractivity contribution in [3.05, 3.63) is 35.9 Å². The minimum absolute atomic E-state index is 0.0428. The molecule has 0 spiro atoms. The summed E-state index contributed by atoms with van der Waals surface area (Å²) in [5.41, 5.74) is 0.905. The molecule has 1 aromatic rings. The topological polar surface area (TPSA) is 57.6 Å². The van der Waals surface area contributed by atoms with Crippen molar-refractivity contribution in [3.63, 3.8) is 0 Å². The summed E-state index contributed by atoms with van der Waals surface area (Å²) < 4.78 is 0. The largest absolute Gasteiger partial charge is 0.393 e. The van der Waals surface area contributed by atoms with Crippen LogP contribution >= 0.6 is 0 Å². The number of benzene rings is 1. The highest BCUT2D eigenvalue weighted by Crippen LogP contribution is 2.32. The van der Waals surface area contributed by atoms with Gasteiger partial charge >= 0.3 is 0 Å². The van der Waals surface area contributed by atoms with E-state index in [0.29, 0.717) is 6.54 Å². The van der Waals surface area contributed by atoms with Gasteiger partial charge in [0.2, 0.25) is 11.8 Å². The highest BCUT2D eigenvalue weighted by atomic mass is 16.3. The van der Waals surface area contributed by atoms with E-state index in [-0.39, 0.29) is 36.2 Å². The molecule has 1 aliphatic carbocycles. The Bertz CT molecular complexity index is 528. The predicted molar refractivity (Wildman–Crippen MR) is 78.5 cm³/mol. The lowest BCUT2D eigenvalue weighted by Crippen LogP contribution is -2.40. The molecule has 4 heteroatoms. The van der Waals surface area contributed by atoms with Crippen LogP contribution in [0.15, 0.2) is 30.3 Å². The summed E-state index contributed by atoms with van der Waals surface area (Å²) in [6.45, 7) is 0.377. The van der Waals surface area contributed by atoms with Crippen LogP contribution in [0.1, 0.15) is 43.6 Å². The van der Waals surface area contributed by atoms with E-state index in [0.717, 1.165) is 31.2 Å². The normalized spacial score (nSPS) is 30.0. The quantitative estimate of drug-likeness (QED) is 0.866. The number of amides is 2. The molecule has 1 aromatic carbocycles. The molecule has 3 rings (SSSR count). The number of hydrogen-bond donors (Lipinski definition) is 1. The molecule has 2 aliphatic rings. The first-order valence-corrected chi connectivity index (χ1v) is 7.74. The zero-order valence-electron chi connectivity index (χ0n) is 12.1. The molecule has 1 saturated carbocycles. The molecule has 112 valence electrons. The second kappa shape index (κ2) is 5.98. The van der Waals surface area contributed by atoms with Crippen molar-refractivity contribution in [1.29, 1.82) is 0 Å². The van der Waals surface area contributed by atoms with Crippen molar-refractivity contribution >= 4 is 11.8 Å². The third-order valence-corrected chi connectivity index (χ3v) is 4.73. The molecule has 2 amide bonds. The first-order valence-electron chi connectivity index (χ1n) is 7.74. The van der Waals surface area contributed by atoms with Gasteiger partial charge in [0.05, 0.1) is 12.0 Å². The monoisotopic (exact) mass is 287 g/mol. The van der Waals surface area contributed by atoms with Gasteiger partial charge in [0, 0.05) is 18.9 Å².